The second kappa shape index (κ2) is 8.77. The van der Waals surface area contributed by atoms with Gasteiger partial charge in [-0.3, -0.25) is 14.4 Å². The maximum atomic E-state index is 12.3. The first-order valence-corrected chi connectivity index (χ1v) is 11.0. The number of hydrogen-bond donors (Lipinski definition) is 1. The van der Waals surface area contributed by atoms with Gasteiger partial charge in [0.2, 0.25) is 0 Å². The Labute approximate surface area is 182 Å². The lowest BCUT2D eigenvalue weighted by Gasteiger charge is -2.08. The molecular weight excluding hydrogens is 414 g/mol. The van der Waals surface area contributed by atoms with E-state index in [1.165, 1.54) is 4.57 Å². The fourth-order valence-electron chi connectivity index (χ4n) is 3.77. The van der Waals surface area contributed by atoms with Crippen LogP contribution < -0.4 is 10.2 Å². The molecule has 4 rings (SSSR count). The Morgan fingerprint density at radius 1 is 1.06 bits per heavy atom. The number of nitrogens with one attached hydrogen (secondary N) is 1. The number of carbonyl (C=O) groups is 2. The van der Waals surface area contributed by atoms with Gasteiger partial charge >= 0.3 is 10.8 Å². The fourth-order valence-corrected chi connectivity index (χ4v) is 4.53. The highest BCUT2D eigenvalue weighted by Gasteiger charge is 2.13. The number of aromatic nitrogens is 2. The van der Waals surface area contributed by atoms with Gasteiger partial charge in [-0.15, -0.1) is 0 Å². The molecule has 0 spiro atoms. The van der Waals surface area contributed by atoms with Crippen molar-refractivity contribution in [3.05, 3.63) is 63.2 Å². The minimum atomic E-state index is -0.519. The number of ether oxygens (including phenoxy) is 1. The van der Waals surface area contributed by atoms with E-state index < -0.39 is 11.9 Å². The Balaban J connectivity index is 1.39. The Hall–Kier alpha value is -3.39. The largest absolute Gasteiger partial charge is 0.456 e. The highest BCUT2D eigenvalue weighted by Crippen LogP contribution is 2.30. The molecule has 2 heterocycles. The number of esters is 1. The van der Waals surface area contributed by atoms with Crippen molar-refractivity contribution in [2.75, 3.05) is 11.9 Å². The molecule has 2 aromatic carbocycles. The summed E-state index contributed by atoms with van der Waals surface area (Å²) in [7, 11) is 0. The van der Waals surface area contributed by atoms with E-state index in [1.807, 2.05) is 37.3 Å². The van der Waals surface area contributed by atoms with Crippen molar-refractivity contribution < 1.29 is 14.3 Å². The first-order chi connectivity index (χ1) is 15.0. The van der Waals surface area contributed by atoms with Crippen molar-refractivity contribution in [3.63, 3.8) is 0 Å². The van der Waals surface area contributed by atoms with E-state index in [4.69, 9.17) is 4.74 Å². The van der Waals surface area contributed by atoms with E-state index in [9.17, 15) is 14.4 Å². The van der Waals surface area contributed by atoms with Crippen molar-refractivity contribution >= 4 is 50.7 Å². The lowest BCUT2D eigenvalue weighted by atomic mass is 10.1. The number of fused-ring (bicyclic) bond motifs is 3. The molecule has 0 radical (unpaired) electrons. The summed E-state index contributed by atoms with van der Waals surface area (Å²) in [5.74, 6) is -0.926. The molecule has 160 valence electrons. The minimum absolute atomic E-state index is 0.0350. The number of amides is 1. The second-order valence-corrected chi connectivity index (χ2v) is 8.07. The summed E-state index contributed by atoms with van der Waals surface area (Å²) in [5.41, 5.74) is 3.71. The monoisotopic (exact) mass is 437 g/mol. The van der Waals surface area contributed by atoms with E-state index in [-0.39, 0.29) is 24.4 Å². The van der Waals surface area contributed by atoms with Crippen LogP contribution in [0.3, 0.4) is 0 Å². The lowest BCUT2D eigenvalue weighted by Crippen LogP contribution is -2.22. The van der Waals surface area contributed by atoms with Crippen LogP contribution in [-0.4, -0.2) is 27.6 Å². The summed E-state index contributed by atoms with van der Waals surface area (Å²) in [6.45, 7) is 4.64. The molecule has 2 aromatic heterocycles. The SMILES string of the molecule is CCn1c2ccccc2c2cc(NC(=O)COC(=O)CCn3c(C)csc3=O)ccc21. The Morgan fingerprint density at radius 2 is 1.84 bits per heavy atom. The number of nitrogens with zero attached hydrogens (tertiary/aromatic N) is 2. The smallest absolute Gasteiger partial charge is 0.308 e. The first kappa shape index (κ1) is 20.9. The molecule has 0 saturated heterocycles. The zero-order valence-corrected chi connectivity index (χ0v) is 18.2. The van der Waals surface area contributed by atoms with Gasteiger partial charge in [-0.1, -0.05) is 29.5 Å². The van der Waals surface area contributed by atoms with Crippen molar-refractivity contribution in [1.29, 1.82) is 0 Å². The van der Waals surface area contributed by atoms with Gasteiger partial charge in [-0.05, 0) is 38.1 Å². The van der Waals surface area contributed by atoms with Crippen molar-refractivity contribution in [1.82, 2.24) is 9.13 Å². The topological polar surface area (TPSA) is 82.3 Å². The van der Waals surface area contributed by atoms with Crippen LogP contribution in [-0.2, 0) is 27.4 Å². The summed E-state index contributed by atoms with van der Waals surface area (Å²) >= 11 is 1.10. The van der Waals surface area contributed by atoms with Crippen LogP contribution >= 0.6 is 11.3 Å². The third-order valence-electron chi connectivity index (χ3n) is 5.25. The zero-order chi connectivity index (χ0) is 22.0. The summed E-state index contributed by atoms with van der Waals surface area (Å²) in [4.78, 5) is 35.8. The number of anilines is 1. The average Bonchev–Trinajstić information content (AvgIpc) is 3.26. The third-order valence-corrected chi connectivity index (χ3v) is 6.13. The summed E-state index contributed by atoms with van der Waals surface area (Å²) < 4.78 is 8.82. The van der Waals surface area contributed by atoms with Crippen LogP contribution in [0.2, 0.25) is 0 Å². The molecule has 4 aromatic rings. The number of para-hydroxylation sites is 1. The number of rotatable bonds is 7. The van der Waals surface area contributed by atoms with Crippen LogP contribution in [0.5, 0.6) is 0 Å². The average molecular weight is 438 g/mol. The molecule has 31 heavy (non-hydrogen) atoms. The highest BCUT2D eigenvalue weighted by atomic mass is 32.1. The Kier molecular flexibility index (Phi) is 5.90. The van der Waals surface area contributed by atoms with E-state index in [0.717, 1.165) is 45.4 Å². The molecule has 0 aliphatic heterocycles. The van der Waals surface area contributed by atoms with E-state index in [2.05, 4.69) is 28.9 Å². The lowest BCUT2D eigenvalue weighted by molar-refractivity contribution is -0.147. The Bertz CT molecular complexity index is 1330. The molecule has 0 fully saturated rings. The number of thiazole rings is 1. The predicted molar refractivity (Wildman–Crippen MR) is 123 cm³/mol. The molecule has 0 unspecified atom stereocenters. The summed E-state index contributed by atoms with van der Waals surface area (Å²) in [5, 5.41) is 6.72. The van der Waals surface area contributed by atoms with Gasteiger partial charge < -0.3 is 19.2 Å². The number of hydrogen-bond acceptors (Lipinski definition) is 5. The van der Waals surface area contributed by atoms with Gasteiger partial charge in [0.25, 0.3) is 5.91 Å². The standard InChI is InChI=1S/C23H23N3O4S/c1-3-25-19-7-5-4-6-17(19)18-12-16(8-9-20(18)25)24-21(27)13-30-22(28)10-11-26-15(2)14-31-23(26)29/h4-9,12,14H,3,10-11,13H2,1-2H3,(H,24,27). The quantitative estimate of drug-likeness (QED) is 0.444. The molecule has 0 bridgehead atoms. The van der Waals surface area contributed by atoms with Crippen LogP contribution in [0.15, 0.2) is 52.6 Å². The number of carbonyl (C=O) groups excluding carboxylic acids is 2. The highest BCUT2D eigenvalue weighted by molar-refractivity contribution is 7.07. The molecule has 8 heteroatoms. The first-order valence-electron chi connectivity index (χ1n) is 10.1. The zero-order valence-electron chi connectivity index (χ0n) is 17.4. The predicted octanol–water partition coefficient (Wildman–Crippen LogP) is 3.92. The van der Waals surface area contributed by atoms with Crippen molar-refractivity contribution in [2.24, 2.45) is 0 Å². The number of benzene rings is 2. The molecule has 7 nitrogen and oxygen atoms in total. The van der Waals surface area contributed by atoms with Crippen LogP contribution in [0.25, 0.3) is 21.8 Å². The van der Waals surface area contributed by atoms with Gasteiger partial charge in [0, 0.05) is 51.7 Å². The van der Waals surface area contributed by atoms with Gasteiger partial charge in [-0.2, -0.15) is 0 Å². The maximum Gasteiger partial charge on any atom is 0.308 e. The van der Waals surface area contributed by atoms with Gasteiger partial charge in [0.1, 0.15) is 0 Å². The van der Waals surface area contributed by atoms with E-state index >= 15 is 0 Å². The van der Waals surface area contributed by atoms with Crippen LogP contribution in [0.1, 0.15) is 19.0 Å². The molecule has 1 N–H and O–H groups in total. The molecular formula is C23H23N3O4S. The van der Waals surface area contributed by atoms with E-state index in [1.54, 1.807) is 5.38 Å². The molecule has 0 saturated carbocycles. The summed E-state index contributed by atoms with van der Waals surface area (Å²) in [6.07, 6.45) is 0.0350. The van der Waals surface area contributed by atoms with Crippen molar-refractivity contribution in [3.8, 4) is 0 Å². The van der Waals surface area contributed by atoms with Crippen LogP contribution in [0, 0.1) is 6.92 Å². The van der Waals surface area contributed by atoms with Gasteiger partial charge in [0.15, 0.2) is 6.61 Å². The Morgan fingerprint density at radius 3 is 2.58 bits per heavy atom. The molecule has 0 aliphatic rings. The molecule has 0 aliphatic carbocycles. The normalized spacial score (nSPS) is 11.2. The number of aryl methyl sites for hydroxylation is 2. The third kappa shape index (κ3) is 4.25. The maximum absolute atomic E-state index is 12.3. The second-order valence-electron chi connectivity index (χ2n) is 7.25. The van der Waals surface area contributed by atoms with Gasteiger partial charge in [-0.25, -0.2) is 0 Å². The van der Waals surface area contributed by atoms with Crippen LogP contribution in [0.4, 0.5) is 5.69 Å². The summed E-state index contributed by atoms with van der Waals surface area (Å²) in [6, 6.07) is 13.9. The van der Waals surface area contributed by atoms with Crippen molar-refractivity contribution in [2.45, 2.75) is 33.4 Å². The minimum Gasteiger partial charge on any atom is -0.456 e. The fraction of sp³-hybridized carbons (Fsp3) is 0.261. The molecule has 0 atom stereocenters. The molecule has 1 amide bonds. The van der Waals surface area contributed by atoms with Gasteiger partial charge in [0.05, 0.1) is 6.42 Å². The van der Waals surface area contributed by atoms with E-state index in [0.29, 0.717) is 5.69 Å².